The van der Waals surface area contributed by atoms with Crippen LogP contribution >= 0.6 is 11.6 Å². The monoisotopic (exact) mass is 268 g/mol. The highest BCUT2D eigenvalue weighted by molar-refractivity contribution is 6.17. The van der Waals surface area contributed by atoms with E-state index in [2.05, 4.69) is 10.6 Å². The zero-order valence-electron chi connectivity index (χ0n) is 10.3. The predicted octanol–water partition coefficient (Wildman–Crippen LogP) is 2.99. The number of nitrogens with one attached hydrogen (secondary N) is 2. The van der Waals surface area contributed by atoms with E-state index in [1.165, 1.54) is 6.92 Å². The number of unbranched alkanes of at least 4 members (excludes halogenated alkanes) is 1. The zero-order valence-corrected chi connectivity index (χ0v) is 11.1. The van der Waals surface area contributed by atoms with E-state index >= 15 is 0 Å². The van der Waals surface area contributed by atoms with Crippen molar-refractivity contribution in [1.82, 2.24) is 0 Å². The molecule has 98 valence electrons. The van der Waals surface area contributed by atoms with E-state index in [0.717, 1.165) is 18.5 Å². The van der Waals surface area contributed by atoms with Gasteiger partial charge < -0.3 is 10.6 Å². The van der Waals surface area contributed by atoms with Crippen LogP contribution in [0.2, 0.25) is 0 Å². The van der Waals surface area contributed by atoms with Crippen molar-refractivity contribution < 1.29 is 9.59 Å². The summed E-state index contributed by atoms with van der Waals surface area (Å²) >= 11 is 5.54. The Morgan fingerprint density at radius 1 is 1.06 bits per heavy atom. The van der Waals surface area contributed by atoms with E-state index in [-0.39, 0.29) is 11.8 Å². The Morgan fingerprint density at radius 3 is 2.11 bits per heavy atom. The van der Waals surface area contributed by atoms with Crippen molar-refractivity contribution in [3.8, 4) is 0 Å². The standard InChI is InChI=1S/C13H17ClN2O2/c1-10(17)15-11-5-7-12(8-6-11)16-13(18)4-2-3-9-14/h5-8H,2-4,9H2,1H3,(H,15,17)(H,16,18). The molecule has 5 heteroatoms. The Labute approximate surface area is 112 Å². The smallest absolute Gasteiger partial charge is 0.224 e. The molecule has 1 aromatic carbocycles. The first-order chi connectivity index (χ1) is 8.61. The first-order valence-electron chi connectivity index (χ1n) is 5.85. The third-order valence-electron chi connectivity index (χ3n) is 2.28. The Hall–Kier alpha value is -1.55. The Morgan fingerprint density at radius 2 is 1.61 bits per heavy atom. The summed E-state index contributed by atoms with van der Waals surface area (Å²) in [4.78, 5) is 22.4. The average Bonchev–Trinajstić information content (AvgIpc) is 2.31. The number of hydrogen-bond donors (Lipinski definition) is 2. The normalized spacial score (nSPS) is 9.89. The lowest BCUT2D eigenvalue weighted by Gasteiger charge is -2.06. The number of carbonyl (C=O) groups excluding carboxylic acids is 2. The maximum atomic E-state index is 11.5. The molecule has 18 heavy (non-hydrogen) atoms. The van der Waals surface area contributed by atoms with E-state index in [1.54, 1.807) is 24.3 Å². The van der Waals surface area contributed by atoms with Crippen LogP contribution in [0.25, 0.3) is 0 Å². The van der Waals surface area contributed by atoms with Gasteiger partial charge in [-0.15, -0.1) is 11.6 Å². The largest absolute Gasteiger partial charge is 0.326 e. The second-order valence-electron chi connectivity index (χ2n) is 3.95. The number of hydrogen-bond acceptors (Lipinski definition) is 2. The molecule has 0 fully saturated rings. The number of anilines is 2. The topological polar surface area (TPSA) is 58.2 Å². The van der Waals surface area contributed by atoms with Crippen molar-refractivity contribution in [1.29, 1.82) is 0 Å². The van der Waals surface area contributed by atoms with E-state index in [0.29, 0.717) is 18.0 Å². The molecule has 0 spiro atoms. The van der Waals surface area contributed by atoms with Crippen molar-refractivity contribution in [3.63, 3.8) is 0 Å². The van der Waals surface area contributed by atoms with E-state index in [1.807, 2.05) is 0 Å². The van der Waals surface area contributed by atoms with Gasteiger partial charge in [0.15, 0.2) is 0 Å². The molecule has 1 aromatic rings. The van der Waals surface area contributed by atoms with Crippen LogP contribution < -0.4 is 10.6 Å². The van der Waals surface area contributed by atoms with Gasteiger partial charge in [-0.2, -0.15) is 0 Å². The van der Waals surface area contributed by atoms with Gasteiger partial charge in [-0.05, 0) is 37.1 Å². The van der Waals surface area contributed by atoms with Gasteiger partial charge in [0.2, 0.25) is 11.8 Å². The molecule has 1 rings (SSSR count). The molecule has 2 N–H and O–H groups in total. The van der Waals surface area contributed by atoms with Gasteiger partial charge in [-0.25, -0.2) is 0 Å². The number of amides is 2. The third kappa shape index (κ3) is 5.68. The minimum Gasteiger partial charge on any atom is -0.326 e. The lowest BCUT2D eigenvalue weighted by Crippen LogP contribution is -2.11. The van der Waals surface area contributed by atoms with Crippen molar-refractivity contribution in [2.45, 2.75) is 26.2 Å². The van der Waals surface area contributed by atoms with E-state index in [9.17, 15) is 9.59 Å². The van der Waals surface area contributed by atoms with Crippen LogP contribution in [-0.2, 0) is 9.59 Å². The molecule has 0 saturated heterocycles. The number of alkyl halides is 1. The van der Waals surface area contributed by atoms with Gasteiger partial charge in [0, 0.05) is 30.6 Å². The van der Waals surface area contributed by atoms with Crippen LogP contribution in [0.5, 0.6) is 0 Å². The van der Waals surface area contributed by atoms with Gasteiger partial charge in [-0.3, -0.25) is 9.59 Å². The lowest BCUT2D eigenvalue weighted by atomic mass is 10.2. The summed E-state index contributed by atoms with van der Waals surface area (Å²) in [5, 5.41) is 5.45. The van der Waals surface area contributed by atoms with E-state index in [4.69, 9.17) is 11.6 Å². The van der Waals surface area contributed by atoms with Crippen molar-refractivity contribution in [3.05, 3.63) is 24.3 Å². The summed E-state index contributed by atoms with van der Waals surface area (Å²) in [5.74, 6) is 0.443. The highest BCUT2D eigenvalue weighted by atomic mass is 35.5. The quantitative estimate of drug-likeness (QED) is 0.615. The van der Waals surface area contributed by atoms with E-state index < -0.39 is 0 Å². The van der Waals surface area contributed by atoms with Crippen LogP contribution in [0.1, 0.15) is 26.2 Å². The summed E-state index contributed by atoms with van der Waals surface area (Å²) in [5.41, 5.74) is 1.43. The molecular formula is C13H17ClN2O2. The fraction of sp³-hybridized carbons (Fsp3) is 0.385. The molecule has 0 bridgehead atoms. The Balaban J connectivity index is 2.43. The minimum atomic E-state index is -0.118. The first kappa shape index (κ1) is 14.5. The average molecular weight is 269 g/mol. The predicted molar refractivity (Wildman–Crippen MR) is 73.9 cm³/mol. The number of carbonyl (C=O) groups is 2. The Bertz CT molecular complexity index is 404. The number of rotatable bonds is 6. The molecule has 0 aliphatic carbocycles. The van der Waals surface area contributed by atoms with Gasteiger partial charge >= 0.3 is 0 Å². The molecule has 4 nitrogen and oxygen atoms in total. The van der Waals surface area contributed by atoms with Gasteiger partial charge in [0.25, 0.3) is 0 Å². The molecule has 0 unspecified atom stereocenters. The highest BCUT2D eigenvalue weighted by Crippen LogP contribution is 2.14. The molecule has 0 radical (unpaired) electrons. The van der Waals surface area contributed by atoms with Crippen molar-refractivity contribution in [2.75, 3.05) is 16.5 Å². The maximum Gasteiger partial charge on any atom is 0.224 e. The molecule has 0 saturated carbocycles. The SMILES string of the molecule is CC(=O)Nc1ccc(NC(=O)CCCCCl)cc1. The fourth-order valence-corrected chi connectivity index (χ4v) is 1.63. The highest BCUT2D eigenvalue weighted by Gasteiger charge is 2.02. The molecular weight excluding hydrogens is 252 g/mol. The molecule has 2 amide bonds. The molecule has 0 aliphatic rings. The van der Waals surface area contributed by atoms with Gasteiger partial charge in [0.05, 0.1) is 0 Å². The second kappa shape index (κ2) is 7.71. The number of benzene rings is 1. The Kier molecular flexibility index (Phi) is 6.22. The zero-order chi connectivity index (χ0) is 13.4. The van der Waals surface area contributed by atoms with Gasteiger partial charge in [-0.1, -0.05) is 0 Å². The number of halogens is 1. The van der Waals surface area contributed by atoms with Crippen LogP contribution in [-0.4, -0.2) is 17.7 Å². The fourth-order valence-electron chi connectivity index (χ4n) is 1.44. The van der Waals surface area contributed by atoms with Crippen LogP contribution in [0.4, 0.5) is 11.4 Å². The van der Waals surface area contributed by atoms with Crippen molar-refractivity contribution >= 4 is 34.8 Å². The van der Waals surface area contributed by atoms with Crippen LogP contribution in [0.15, 0.2) is 24.3 Å². The second-order valence-corrected chi connectivity index (χ2v) is 4.33. The maximum absolute atomic E-state index is 11.5. The first-order valence-corrected chi connectivity index (χ1v) is 6.38. The van der Waals surface area contributed by atoms with Crippen molar-refractivity contribution in [2.24, 2.45) is 0 Å². The molecule has 0 aliphatic heterocycles. The summed E-state index contributed by atoms with van der Waals surface area (Å²) in [6, 6.07) is 7.00. The third-order valence-corrected chi connectivity index (χ3v) is 2.54. The molecule has 0 atom stereocenters. The summed E-state index contributed by atoms with van der Waals surface area (Å²) in [6.45, 7) is 1.45. The van der Waals surface area contributed by atoms with Gasteiger partial charge in [0.1, 0.15) is 0 Å². The summed E-state index contributed by atoms with van der Waals surface area (Å²) < 4.78 is 0. The molecule has 0 heterocycles. The lowest BCUT2D eigenvalue weighted by molar-refractivity contribution is -0.116. The minimum absolute atomic E-state index is 0.0209. The summed E-state index contributed by atoms with van der Waals surface area (Å²) in [7, 11) is 0. The summed E-state index contributed by atoms with van der Waals surface area (Å²) in [6.07, 6.45) is 2.11. The van der Waals surface area contributed by atoms with Crippen LogP contribution in [0.3, 0.4) is 0 Å². The molecule has 0 aromatic heterocycles. The van der Waals surface area contributed by atoms with Crippen LogP contribution in [0, 0.1) is 0 Å².